The highest BCUT2D eigenvalue weighted by Gasteiger charge is 2.10. The lowest BCUT2D eigenvalue weighted by Gasteiger charge is -2.13. The molecule has 1 N–H and O–H groups in total. The first-order chi connectivity index (χ1) is 9.61. The lowest BCUT2D eigenvalue weighted by atomic mass is 10.2. The Morgan fingerprint density at radius 1 is 1.15 bits per heavy atom. The molecule has 2 rings (SSSR count). The van der Waals surface area contributed by atoms with Crippen LogP contribution in [-0.2, 0) is 13.2 Å². The van der Waals surface area contributed by atoms with E-state index in [2.05, 4.69) is 5.32 Å². The van der Waals surface area contributed by atoms with E-state index in [0.29, 0.717) is 16.6 Å². The van der Waals surface area contributed by atoms with Gasteiger partial charge in [0.05, 0.1) is 0 Å². The Kier molecular flexibility index (Phi) is 5.24. The summed E-state index contributed by atoms with van der Waals surface area (Å²) >= 11 is 12.0. The number of benzene rings is 2. The zero-order chi connectivity index (χ0) is 14.5. The summed E-state index contributed by atoms with van der Waals surface area (Å²) in [4.78, 5) is 0. The van der Waals surface area contributed by atoms with Crippen LogP contribution < -0.4 is 10.1 Å². The summed E-state index contributed by atoms with van der Waals surface area (Å²) < 4.78 is 19.4. The predicted molar refractivity (Wildman–Crippen MR) is 80.0 cm³/mol. The standard InChI is InChI=1S/C15H14Cl2FNO/c1-19-8-10-3-2-4-14(18)15(10)20-9-11-7-12(16)5-6-13(11)17/h2-7,19H,8-9H2,1H3. The van der Waals surface area contributed by atoms with Gasteiger partial charge in [-0.05, 0) is 31.3 Å². The van der Waals surface area contributed by atoms with Crippen LogP contribution in [0.15, 0.2) is 36.4 Å². The fourth-order valence-electron chi connectivity index (χ4n) is 1.85. The molecule has 0 saturated heterocycles. The van der Waals surface area contributed by atoms with E-state index in [0.717, 1.165) is 11.1 Å². The Hall–Kier alpha value is -1.29. The minimum Gasteiger partial charge on any atom is -0.485 e. The van der Waals surface area contributed by atoms with Gasteiger partial charge in [-0.25, -0.2) is 4.39 Å². The van der Waals surface area contributed by atoms with Gasteiger partial charge < -0.3 is 10.1 Å². The van der Waals surface area contributed by atoms with Gasteiger partial charge in [0.15, 0.2) is 11.6 Å². The molecule has 106 valence electrons. The summed E-state index contributed by atoms with van der Waals surface area (Å²) in [5, 5.41) is 4.09. The molecule has 0 radical (unpaired) electrons. The van der Waals surface area contributed by atoms with E-state index in [1.807, 2.05) is 6.07 Å². The van der Waals surface area contributed by atoms with Gasteiger partial charge in [0.25, 0.3) is 0 Å². The lowest BCUT2D eigenvalue weighted by Crippen LogP contribution is -2.09. The maximum atomic E-state index is 13.8. The largest absolute Gasteiger partial charge is 0.485 e. The summed E-state index contributed by atoms with van der Waals surface area (Å²) in [6.45, 7) is 0.688. The van der Waals surface area contributed by atoms with Gasteiger partial charge in [-0.15, -0.1) is 0 Å². The molecule has 2 nitrogen and oxygen atoms in total. The maximum Gasteiger partial charge on any atom is 0.165 e. The predicted octanol–water partition coefficient (Wildman–Crippen LogP) is 4.43. The van der Waals surface area contributed by atoms with Crippen molar-refractivity contribution in [1.29, 1.82) is 0 Å². The van der Waals surface area contributed by atoms with Crippen molar-refractivity contribution in [3.63, 3.8) is 0 Å². The smallest absolute Gasteiger partial charge is 0.165 e. The summed E-state index contributed by atoms with van der Waals surface area (Å²) in [6.07, 6.45) is 0. The highest BCUT2D eigenvalue weighted by Crippen LogP contribution is 2.26. The van der Waals surface area contributed by atoms with Crippen LogP contribution in [0.1, 0.15) is 11.1 Å². The van der Waals surface area contributed by atoms with Crippen molar-refractivity contribution in [2.24, 2.45) is 0 Å². The molecule has 0 aliphatic rings. The van der Waals surface area contributed by atoms with Crippen LogP contribution in [0.4, 0.5) is 4.39 Å². The van der Waals surface area contributed by atoms with Crippen molar-refractivity contribution in [3.05, 3.63) is 63.4 Å². The minimum atomic E-state index is -0.393. The molecule has 0 unspecified atom stereocenters. The molecule has 2 aromatic rings. The van der Waals surface area contributed by atoms with E-state index in [-0.39, 0.29) is 12.4 Å². The number of nitrogens with one attached hydrogen (secondary N) is 1. The molecule has 0 heterocycles. The van der Waals surface area contributed by atoms with Gasteiger partial charge in [-0.3, -0.25) is 0 Å². The molecule has 0 aliphatic heterocycles. The monoisotopic (exact) mass is 313 g/mol. The molecular weight excluding hydrogens is 300 g/mol. The van der Waals surface area contributed by atoms with Crippen molar-refractivity contribution >= 4 is 23.2 Å². The molecule has 0 spiro atoms. The maximum absolute atomic E-state index is 13.8. The summed E-state index contributed by atoms with van der Waals surface area (Å²) in [6, 6.07) is 9.94. The molecule has 0 atom stereocenters. The number of hydrogen-bond donors (Lipinski definition) is 1. The van der Waals surface area contributed by atoms with Crippen molar-refractivity contribution < 1.29 is 9.13 Å². The molecule has 0 bridgehead atoms. The zero-order valence-corrected chi connectivity index (χ0v) is 12.4. The van der Waals surface area contributed by atoms with Crippen molar-refractivity contribution in [2.45, 2.75) is 13.2 Å². The normalized spacial score (nSPS) is 10.6. The van der Waals surface area contributed by atoms with Crippen LogP contribution in [0.5, 0.6) is 5.75 Å². The van der Waals surface area contributed by atoms with Gasteiger partial charge in [-0.1, -0.05) is 35.3 Å². The zero-order valence-electron chi connectivity index (χ0n) is 10.9. The molecule has 0 aromatic heterocycles. The van der Waals surface area contributed by atoms with E-state index in [1.165, 1.54) is 6.07 Å². The van der Waals surface area contributed by atoms with Crippen LogP contribution in [0.25, 0.3) is 0 Å². The molecule has 5 heteroatoms. The number of halogens is 3. The van der Waals surface area contributed by atoms with Gasteiger partial charge in [0, 0.05) is 27.7 Å². The van der Waals surface area contributed by atoms with E-state index in [9.17, 15) is 4.39 Å². The quantitative estimate of drug-likeness (QED) is 0.881. The molecule has 0 saturated carbocycles. The number of para-hydroxylation sites is 1. The van der Waals surface area contributed by atoms with E-state index in [4.69, 9.17) is 27.9 Å². The number of hydrogen-bond acceptors (Lipinski definition) is 2. The second-order valence-corrected chi connectivity index (χ2v) is 5.13. The first-order valence-electron chi connectivity index (χ1n) is 6.10. The molecule has 20 heavy (non-hydrogen) atoms. The third-order valence-electron chi connectivity index (χ3n) is 2.80. The average molecular weight is 314 g/mol. The Bertz CT molecular complexity index is 604. The van der Waals surface area contributed by atoms with Crippen LogP contribution in [-0.4, -0.2) is 7.05 Å². The van der Waals surface area contributed by atoms with Gasteiger partial charge in [0.1, 0.15) is 6.61 Å². The van der Waals surface area contributed by atoms with Crippen LogP contribution in [0.2, 0.25) is 10.0 Å². The summed E-state index contributed by atoms with van der Waals surface area (Å²) in [5.41, 5.74) is 1.48. The third kappa shape index (κ3) is 3.63. The first kappa shape index (κ1) is 15.1. The van der Waals surface area contributed by atoms with E-state index in [1.54, 1.807) is 31.3 Å². The Morgan fingerprint density at radius 2 is 1.95 bits per heavy atom. The number of ether oxygens (including phenoxy) is 1. The number of rotatable bonds is 5. The topological polar surface area (TPSA) is 21.3 Å². The molecule has 0 aliphatic carbocycles. The second kappa shape index (κ2) is 6.93. The van der Waals surface area contributed by atoms with Gasteiger partial charge >= 0.3 is 0 Å². The average Bonchev–Trinajstić information content (AvgIpc) is 2.42. The Labute approximate surface area is 127 Å². The van der Waals surface area contributed by atoms with Crippen molar-refractivity contribution in [3.8, 4) is 5.75 Å². The lowest BCUT2D eigenvalue weighted by molar-refractivity contribution is 0.286. The molecule has 0 amide bonds. The molecule has 0 fully saturated rings. The van der Waals surface area contributed by atoms with Crippen LogP contribution in [0, 0.1) is 5.82 Å². The summed E-state index contributed by atoms with van der Waals surface area (Å²) in [5.74, 6) is -0.159. The fourth-order valence-corrected chi connectivity index (χ4v) is 2.22. The van der Waals surface area contributed by atoms with Crippen LogP contribution in [0.3, 0.4) is 0 Å². The second-order valence-electron chi connectivity index (χ2n) is 4.28. The first-order valence-corrected chi connectivity index (χ1v) is 6.86. The van der Waals surface area contributed by atoms with Crippen LogP contribution >= 0.6 is 23.2 Å². The minimum absolute atomic E-state index is 0.164. The van der Waals surface area contributed by atoms with E-state index < -0.39 is 5.82 Å². The Morgan fingerprint density at radius 3 is 2.70 bits per heavy atom. The molecule has 2 aromatic carbocycles. The highest BCUT2D eigenvalue weighted by atomic mass is 35.5. The SMILES string of the molecule is CNCc1cccc(F)c1OCc1cc(Cl)ccc1Cl. The van der Waals surface area contributed by atoms with Gasteiger partial charge in [-0.2, -0.15) is 0 Å². The third-order valence-corrected chi connectivity index (χ3v) is 3.40. The molecular formula is C15H14Cl2FNO. The van der Waals surface area contributed by atoms with Gasteiger partial charge in [0.2, 0.25) is 0 Å². The summed E-state index contributed by atoms with van der Waals surface area (Å²) in [7, 11) is 1.79. The van der Waals surface area contributed by atoms with Crippen molar-refractivity contribution in [1.82, 2.24) is 5.32 Å². The van der Waals surface area contributed by atoms with E-state index >= 15 is 0 Å². The Balaban J connectivity index is 2.20. The van der Waals surface area contributed by atoms with Crippen molar-refractivity contribution in [2.75, 3.05) is 7.05 Å². The highest BCUT2D eigenvalue weighted by molar-refractivity contribution is 6.33. The fraction of sp³-hybridized carbons (Fsp3) is 0.200.